The van der Waals surface area contributed by atoms with Gasteiger partial charge in [0.05, 0.1) is 10.9 Å². The Bertz CT molecular complexity index is 2000. The monoisotopic (exact) mass is 630 g/mol. The number of piperidine rings is 1. The molecular formula is C38H43FN8. The van der Waals surface area contributed by atoms with E-state index in [0.29, 0.717) is 23.1 Å². The maximum absolute atomic E-state index is 14.9. The second-order valence-electron chi connectivity index (χ2n) is 13.0. The minimum absolute atomic E-state index is 0.233. The average molecular weight is 631 g/mol. The number of aromatic amines is 2. The number of hydrogen-bond acceptors (Lipinski definition) is 6. The van der Waals surface area contributed by atoms with Crippen LogP contribution in [0.1, 0.15) is 55.7 Å². The molecule has 9 heteroatoms. The van der Waals surface area contributed by atoms with E-state index < -0.39 is 0 Å². The maximum Gasteiger partial charge on any atom is 0.178 e. The third kappa shape index (κ3) is 7.11. The molecule has 6 heterocycles. The van der Waals surface area contributed by atoms with Crippen LogP contribution >= 0.6 is 0 Å². The van der Waals surface area contributed by atoms with Crippen molar-refractivity contribution in [3.05, 3.63) is 88.6 Å². The lowest BCUT2D eigenvalue weighted by atomic mass is 9.91. The second-order valence-corrected chi connectivity index (χ2v) is 13.0. The third-order valence-corrected chi connectivity index (χ3v) is 9.61. The van der Waals surface area contributed by atoms with Crippen LogP contribution in [0.5, 0.6) is 0 Å². The van der Waals surface area contributed by atoms with E-state index in [1.165, 1.54) is 44.3 Å². The van der Waals surface area contributed by atoms with Crippen molar-refractivity contribution in [2.75, 3.05) is 32.7 Å². The van der Waals surface area contributed by atoms with Crippen LogP contribution in [0, 0.1) is 11.7 Å². The number of nitrogens with one attached hydrogen (secondary N) is 3. The lowest BCUT2D eigenvalue weighted by molar-refractivity contribution is 0.334. The summed E-state index contributed by atoms with van der Waals surface area (Å²) in [6, 6.07) is 9.47. The van der Waals surface area contributed by atoms with Gasteiger partial charge in [-0.05, 0) is 149 Å². The molecule has 5 aromatic rings. The number of halogens is 1. The van der Waals surface area contributed by atoms with Gasteiger partial charge in [-0.1, -0.05) is 18.7 Å². The van der Waals surface area contributed by atoms with E-state index in [1.807, 2.05) is 37.5 Å². The first-order valence-corrected chi connectivity index (χ1v) is 17.0. The highest BCUT2D eigenvalue weighted by Gasteiger charge is 2.17. The molecule has 0 atom stereocenters. The number of nitrogens with zero attached hydrogens (tertiary/aromatic N) is 5. The fraction of sp³-hybridized carbons (Fsp3) is 0.368. The number of rotatable bonds is 10. The van der Waals surface area contributed by atoms with Gasteiger partial charge in [-0.15, -0.1) is 0 Å². The minimum atomic E-state index is -0.233. The Labute approximate surface area is 275 Å². The summed E-state index contributed by atoms with van der Waals surface area (Å²) in [5.41, 5.74) is 7.73. The highest BCUT2D eigenvalue weighted by atomic mass is 19.1. The molecule has 7 rings (SSSR count). The van der Waals surface area contributed by atoms with E-state index in [-0.39, 0.29) is 5.82 Å². The molecule has 2 saturated heterocycles. The van der Waals surface area contributed by atoms with E-state index in [9.17, 15) is 4.39 Å². The van der Waals surface area contributed by atoms with Gasteiger partial charge in [-0.2, -0.15) is 5.10 Å². The van der Waals surface area contributed by atoms with Crippen molar-refractivity contribution < 1.29 is 4.39 Å². The molecule has 0 saturated carbocycles. The Hall–Kier alpha value is -4.47. The van der Waals surface area contributed by atoms with Crippen molar-refractivity contribution in [1.29, 1.82) is 0 Å². The predicted octanol–water partition coefficient (Wildman–Crippen LogP) is 5.41. The summed E-state index contributed by atoms with van der Waals surface area (Å²) in [4.78, 5) is 19.9. The molecule has 0 amide bonds. The van der Waals surface area contributed by atoms with Crippen LogP contribution in [0.15, 0.2) is 55.5 Å². The van der Waals surface area contributed by atoms with Gasteiger partial charge in [0.2, 0.25) is 0 Å². The minimum Gasteiger partial charge on any atom is -0.335 e. The quantitative estimate of drug-likeness (QED) is 0.191. The van der Waals surface area contributed by atoms with E-state index in [2.05, 4.69) is 54.1 Å². The summed E-state index contributed by atoms with van der Waals surface area (Å²) >= 11 is 0. The van der Waals surface area contributed by atoms with Crippen molar-refractivity contribution in [3.63, 3.8) is 0 Å². The van der Waals surface area contributed by atoms with Gasteiger partial charge in [0.15, 0.2) is 11.5 Å². The van der Waals surface area contributed by atoms with Gasteiger partial charge < -0.3 is 15.2 Å². The van der Waals surface area contributed by atoms with Gasteiger partial charge in [0, 0.05) is 29.4 Å². The number of aromatic nitrogens is 6. The summed E-state index contributed by atoms with van der Waals surface area (Å²) in [6.07, 6.45) is 17.4. The Balaban J connectivity index is 1.18. The van der Waals surface area contributed by atoms with Crippen molar-refractivity contribution in [1.82, 2.24) is 40.3 Å². The summed E-state index contributed by atoms with van der Waals surface area (Å²) in [6.45, 7) is 12.0. The van der Waals surface area contributed by atoms with Crippen LogP contribution in [0.2, 0.25) is 0 Å². The molecule has 0 bridgehead atoms. The standard InChI is InChI=1S/C38H43FN8/c1-3-34-33(17-25(2)30-20-28(23-41-24-30)18-26-8-11-40-12-9-26)36(46-45-34)38-43-35-32(10-13-42-37(35)44-38)29-19-27(21-31(39)22-29)7-6-16-47-14-4-5-15-47/h3,10,13,17,19-24,26,40,45H,2,4-9,11-12,14-16,18H2,1H3,(H,42,43,44)/b33-17+,34-3+. The number of hydrogen-bond donors (Lipinski definition) is 3. The molecule has 3 N–H and O–H groups in total. The number of allylic oxidation sites excluding steroid dienone is 1. The summed E-state index contributed by atoms with van der Waals surface area (Å²) < 4.78 is 14.9. The predicted molar refractivity (Wildman–Crippen MR) is 187 cm³/mol. The van der Waals surface area contributed by atoms with Gasteiger partial charge >= 0.3 is 0 Å². The Kier molecular flexibility index (Phi) is 9.35. The highest BCUT2D eigenvalue weighted by Crippen LogP contribution is 2.29. The number of imidazole rings is 1. The van der Waals surface area contributed by atoms with Crippen LogP contribution in [-0.2, 0) is 12.8 Å². The van der Waals surface area contributed by atoms with Crippen LogP contribution in [0.3, 0.4) is 0 Å². The van der Waals surface area contributed by atoms with Gasteiger partial charge in [0.1, 0.15) is 11.5 Å². The second kappa shape index (κ2) is 14.1. The van der Waals surface area contributed by atoms with Crippen molar-refractivity contribution in [2.24, 2.45) is 5.92 Å². The first-order valence-electron chi connectivity index (χ1n) is 17.0. The first kappa shape index (κ1) is 31.1. The largest absolute Gasteiger partial charge is 0.335 e. The molecular weight excluding hydrogens is 587 g/mol. The van der Waals surface area contributed by atoms with Crippen LogP contribution in [0.4, 0.5) is 4.39 Å². The lowest BCUT2D eigenvalue weighted by Crippen LogP contribution is -2.28. The van der Waals surface area contributed by atoms with Crippen molar-refractivity contribution in [3.8, 4) is 22.6 Å². The zero-order chi connectivity index (χ0) is 32.2. The molecule has 47 heavy (non-hydrogen) atoms. The zero-order valence-corrected chi connectivity index (χ0v) is 27.2. The SMILES string of the molecule is C=C(/C=c1/c(-c2nc3nccc(-c4cc(F)cc(CCCN5CCCC5)c4)c3[nH]2)n[nH]/c1=C/C)c1cncc(CC2CCNCC2)c1. The maximum atomic E-state index is 14.9. The molecule has 242 valence electrons. The smallest absolute Gasteiger partial charge is 0.178 e. The van der Waals surface area contributed by atoms with E-state index in [4.69, 9.17) is 4.98 Å². The topological polar surface area (TPSA) is 98.4 Å². The fourth-order valence-electron chi connectivity index (χ4n) is 7.09. The van der Waals surface area contributed by atoms with E-state index in [0.717, 1.165) is 82.8 Å². The van der Waals surface area contributed by atoms with Gasteiger partial charge in [0.25, 0.3) is 0 Å². The number of likely N-dealkylation sites (tertiary alicyclic amines) is 1. The first-order chi connectivity index (χ1) is 23.0. The number of benzene rings is 1. The third-order valence-electron chi connectivity index (χ3n) is 9.61. The van der Waals surface area contributed by atoms with Gasteiger partial charge in [-0.3, -0.25) is 10.1 Å². The van der Waals surface area contributed by atoms with Crippen LogP contribution < -0.4 is 15.9 Å². The number of pyridine rings is 2. The molecule has 4 aromatic heterocycles. The van der Waals surface area contributed by atoms with Crippen molar-refractivity contribution >= 4 is 28.9 Å². The Morgan fingerprint density at radius 2 is 1.94 bits per heavy atom. The molecule has 0 unspecified atom stereocenters. The van der Waals surface area contributed by atoms with E-state index >= 15 is 0 Å². The summed E-state index contributed by atoms with van der Waals surface area (Å²) in [5.74, 6) is 1.03. The molecule has 0 aliphatic carbocycles. The van der Waals surface area contributed by atoms with Crippen LogP contribution in [0.25, 0.3) is 51.5 Å². The normalized spacial score (nSPS) is 16.9. The number of H-pyrrole nitrogens is 2. The molecule has 2 fully saturated rings. The highest BCUT2D eigenvalue weighted by molar-refractivity contribution is 5.92. The van der Waals surface area contributed by atoms with Crippen molar-refractivity contribution in [2.45, 2.75) is 51.9 Å². The molecule has 0 spiro atoms. The fourth-order valence-corrected chi connectivity index (χ4v) is 7.09. The summed E-state index contributed by atoms with van der Waals surface area (Å²) in [5, 5.41) is 13.0. The van der Waals surface area contributed by atoms with Gasteiger partial charge in [-0.25, -0.2) is 14.4 Å². The van der Waals surface area contributed by atoms with E-state index in [1.54, 1.807) is 18.3 Å². The molecule has 1 aromatic carbocycles. The zero-order valence-electron chi connectivity index (χ0n) is 27.2. The average Bonchev–Trinajstić information content (AvgIpc) is 3.85. The Morgan fingerprint density at radius 3 is 2.77 bits per heavy atom. The molecule has 8 nitrogen and oxygen atoms in total. The lowest BCUT2D eigenvalue weighted by Gasteiger charge is -2.22. The van der Waals surface area contributed by atoms with Crippen LogP contribution in [-0.4, -0.2) is 67.8 Å². The Morgan fingerprint density at radius 1 is 1.09 bits per heavy atom. The molecule has 2 aliphatic heterocycles. The molecule has 0 radical (unpaired) electrons. The number of fused-ring (bicyclic) bond motifs is 1. The summed E-state index contributed by atoms with van der Waals surface area (Å²) in [7, 11) is 0. The molecule has 2 aliphatic rings. The number of aryl methyl sites for hydroxylation is 1.